The number of nitrogens with one attached hydrogen (secondary N) is 1. The Morgan fingerprint density at radius 2 is 1.76 bits per heavy atom. The first-order valence-corrected chi connectivity index (χ1v) is 9.11. The van der Waals surface area contributed by atoms with Crippen molar-refractivity contribution in [2.24, 2.45) is 0 Å². The van der Waals surface area contributed by atoms with Gasteiger partial charge >= 0.3 is 17.8 Å². The number of hydrogen-bond acceptors (Lipinski definition) is 5. The molecule has 9 nitrogen and oxygen atoms in total. The molecular weight excluding hydrogens is 381 g/mol. The first-order chi connectivity index (χ1) is 13.8. The van der Waals surface area contributed by atoms with E-state index < -0.39 is 36.1 Å². The number of aromatic nitrogens is 2. The summed E-state index contributed by atoms with van der Waals surface area (Å²) < 4.78 is 14.6. The third-order valence-corrected chi connectivity index (χ3v) is 4.34. The number of halogens is 1. The van der Waals surface area contributed by atoms with Gasteiger partial charge in [-0.05, 0) is 37.6 Å². The smallest absolute Gasteiger partial charge is 0.309 e. The summed E-state index contributed by atoms with van der Waals surface area (Å²) in [5.74, 6) is -2.74. The molecule has 5 amide bonds. The van der Waals surface area contributed by atoms with Crippen molar-refractivity contribution in [1.82, 2.24) is 19.6 Å². The number of amides is 5. The number of benzene rings is 1. The van der Waals surface area contributed by atoms with Gasteiger partial charge in [0.15, 0.2) is 0 Å². The van der Waals surface area contributed by atoms with Crippen LogP contribution in [0.4, 0.5) is 15.0 Å². The summed E-state index contributed by atoms with van der Waals surface area (Å²) in [7, 11) is 0. The maximum atomic E-state index is 13.2. The van der Waals surface area contributed by atoms with Crippen LogP contribution < -0.4 is 5.32 Å². The maximum Gasteiger partial charge on any atom is 0.334 e. The predicted octanol–water partition coefficient (Wildman–Crippen LogP) is 1.85. The molecule has 3 rings (SSSR count). The van der Waals surface area contributed by atoms with Gasteiger partial charge in [0.05, 0.1) is 11.4 Å². The zero-order valence-electron chi connectivity index (χ0n) is 16.0. The van der Waals surface area contributed by atoms with Gasteiger partial charge in [0.25, 0.3) is 0 Å². The normalized spacial score (nSPS) is 14.1. The number of unbranched alkanes of at least 4 members (excludes halogenated alkanes) is 1. The van der Waals surface area contributed by atoms with Crippen molar-refractivity contribution in [2.75, 3.05) is 18.4 Å². The van der Waals surface area contributed by atoms with Gasteiger partial charge < -0.3 is 5.32 Å². The fraction of sp³-hybridized carbons (Fsp3) is 0.316. The molecule has 0 aliphatic carbocycles. The fourth-order valence-corrected chi connectivity index (χ4v) is 2.90. The van der Waals surface area contributed by atoms with Crippen molar-refractivity contribution in [2.45, 2.75) is 26.7 Å². The Morgan fingerprint density at radius 3 is 2.41 bits per heavy atom. The lowest BCUT2D eigenvalue weighted by Gasteiger charge is -2.15. The number of carbonyl (C=O) groups is 4. The minimum atomic E-state index is -1.02. The molecule has 0 bridgehead atoms. The molecule has 152 valence electrons. The zero-order chi connectivity index (χ0) is 21.1. The quantitative estimate of drug-likeness (QED) is 0.563. The lowest BCUT2D eigenvalue weighted by molar-refractivity contribution is -0.143. The SMILES string of the molecule is CCCCN1C(=O)C(=O)N(CC(=O)Nc2cc(C)nn2-c2ccc(F)cc2)C1=O. The molecule has 1 aromatic heterocycles. The Labute approximate surface area is 166 Å². The van der Waals surface area contributed by atoms with Crippen molar-refractivity contribution < 1.29 is 23.6 Å². The molecule has 0 unspecified atom stereocenters. The summed E-state index contributed by atoms with van der Waals surface area (Å²) >= 11 is 0. The van der Waals surface area contributed by atoms with Gasteiger partial charge in [-0.15, -0.1) is 0 Å². The third kappa shape index (κ3) is 4.15. The minimum Gasteiger partial charge on any atom is -0.309 e. The molecule has 2 heterocycles. The second kappa shape index (κ2) is 8.21. The van der Waals surface area contributed by atoms with Crippen molar-refractivity contribution in [3.05, 3.63) is 41.8 Å². The molecule has 0 spiro atoms. The van der Waals surface area contributed by atoms with E-state index in [1.54, 1.807) is 13.0 Å². The van der Waals surface area contributed by atoms with Crippen molar-refractivity contribution in [1.29, 1.82) is 0 Å². The summed E-state index contributed by atoms with van der Waals surface area (Å²) in [6.45, 7) is 3.14. The second-order valence-corrected chi connectivity index (χ2v) is 6.59. The number of aryl methyl sites for hydroxylation is 1. The molecule has 1 aliphatic heterocycles. The number of anilines is 1. The summed E-state index contributed by atoms with van der Waals surface area (Å²) in [5.41, 5.74) is 1.11. The summed E-state index contributed by atoms with van der Waals surface area (Å²) in [4.78, 5) is 50.3. The van der Waals surface area contributed by atoms with E-state index in [0.717, 1.165) is 11.3 Å². The summed E-state index contributed by atoms with van der Waals surface area (Å²) in [6, 6.07) is 6.30. The van der Waals surface area contributed by atoms with E-state index in [-0.39, 0.29) is 12.4 Å². The Bertz CT molecular complexity index is 969. The van der Waals surface area contributed by atoms with E-state index in [1.165, 1.54) is 28.9 Å². The monoisotopic (exact) mass is 401 g/mol. The standard InChI is InChI=1S/C19H20FN5O4/c1-3-4-9-23-17(27)18(28)24(19(23)29)11-16(26)21-15-10-12(2)22-25(15)14-7-5-13(20)6-8-14/h5-8,10H,3-4,9,11H2,1-2H3,(H,21,26). The highest BCUT2D eigenvalue weighted by Gasteiger charge is 2.44. The second-order valence-electron chi connectivity index (χ2n) is 6.59. The van der Waals surface area contributed by atoms with Crippen LogP contribution in [-0.4, -0.2) is 56.4 Å². The Morgan fingerprint density at radius 1 is 1.10 bits per heavy atom. The van der Waals surface area contributed by atoms with Crippen LogP contribution in [0.25, 0.3) is 5.69 Å². The van der Waals surface area contributed by atoms with Gasteiger partial charge in [0, 0.05) is 12.6 Å². The van der Waals surface area contributed by atoms with Crippen LogP contribution in [0, 0.1) is 12.7 Å². The lowest BCUT2D eigenvalue weighted by atomic mass is 10.3. The van der Waals surface area contributed by atoms with Crippen molar-refractivity contribution >= 4 is 29.6 Å². The molecule has 0 atom stereocenters. The number of rotatable bonds is 7. The van der Waals surface area contributed by atoms with E-state index in [0.29, 0.717) is 22.7 Å². The van der Waals surface area contributed by atoms with Crippen LogP contribution in [0.5, 0.6) is 0 Å². The highest BCUT2D eigenvalue weighted by molar-refractivity contribution is 6.45. The molecule has 0 radical (unpaired) electrons. The van der Waals surface area contributed by atoms with E-state index in [2.05, 4.69) is 10.4 Å². The molecule has 1 saturated heterocycles. The molecular formula is C19H20FN5O4. The number of imide groups is 2. The molecule has 1 N–H and O–H groups in total. The van der Waals surface area contributed by atoms with Gasteiger partial charge in [-0.25, -0.2) is 18.8 Å². The first kappa shape index (κ1) is 20.2. The van der Waals surface area contributed by atoms with E-state index in [4.69, 9.17) is 0 Å². The summed E-state index contributed by atoms with van der Waals surface area (Å²) in [6.07, 6.45) is 1.32. The highest BCUT2D eigenvalue weighted by Crippen LogP contribution is 2.18. The molecule has 1 aromatic carbocycles. The van der Waals surface area contributed by atoms with Crippen LogP contribution in [0.1, 0.15) is 25.5 Å². The molecule has 1 aliphatic rings. The van der Waals surface area contributed by atoms with Crippen LogP contribution in [-0.2, 0) is 14.4 Å². The molecule has 29 heavy (non-hydrogen) atoms. The number of nitrogens with zero attached hydrogens (tertiary/aromatic N) is 4. The molecule has 1 fully saturated rings. The fourth-order valence-electron chi connectivity index (χ4n) is 2.90. The van der Waals surface area contributed by atoms with Gasteiger partial charge in [-0.3, -0.25) is 19.3 Å². The van der Waals surface area contributed by atoms with Crippen molar-refractivity contribution in [3.63, 3.8) is 0 Å². The molecule has 0 saturated carbocycles. The van der Waals surface area contributed by atoms with Crippen molar-refractivity contribution in [3.8, 4) is 5.69 Å². The Kier molecular flexibility index (Phi) is 5.71. The van der Waals surface area contributed by atoms with Crippen LogP contribution >= 0.6 is 0 Å². The predicted molar refractivity (Wildman–Crippen MR) is 101 cm³/mol. The van der Waals surface area contributed by atoms with E-state index in [9.17, 15) is 23.6 Å². The largest absolute Gasteiger partial charge is 0.334 e. The highest BCUT2D eigenvalue weighted by atomic mass is 19.1. The lowest BCUT2D eigenvalue weighted by Crippen LogP contribution is -2.39. The molecule has 10 heteroatoms. The van der Waals surface area contributed by atoms with Gasteiger partial charge in [-0.2, -0.15) is 5.10 Å². The average molecular weight is 401 g/mol. The van der Waals surface area contributed by atoms with Gasteiger partial charge in [0.1, 0.15) is 18.2 Å². The van der Waals surface area contributed by atoms with E-state index >= 15 is 0 Å². The topological polar surface area (TPSA) is 105 Å². The Balaban J connectivity index is 1.73. The summed E-state index contributed by atoms with van der Waals surface area (Å²) in [5, 5.41) is 6.83. The number of carbonyl (C=O) groups excluding carboxylic acids is 4. The van der Waals surface area contributed by atoms with Gasteiger partial charge in [0.2, 0.25) is 5.91 Å². The van der Waals surface area contributed by atoms with Crippen LogP contribution in [0.3, 0.4) is 0 Å². The number of hydrogen-bond donors (Lipinski definition) is 1. The third-order valence-electron chi connectivity index (χ3n) is 4.34. The number of urea groups is 1. The zero-order valence-corrected chi connectivity index (χ0v) is 16.0. The first-order valence-electron chi connectivity index (χ1n) is 9.11. The molecule has 2 aromatic rings. The van der Waals surface area contributed by atoms with Crippen LogP contribution in [0.15, 0.2) is 30.3 Å². The average Bonchev–Trinajstić information content (AvgIpc) is 3.14. The minimum absolute atomic E-state index is 0.133. The maximum absolute atomic E-state index is 13.2. The Hall–Kier alpha value is -3.56. The van der Waals surface area contributed by atoms with Gasteiger partial charge in [-0.1, -0.05) is 13.3 Å². The van der Waals surface area contributed by atoms with E-state index in [1.807, 2.05) is 6.92 Å². The van der Waals surface area contributed by atoms with Crippen LogP contribution in [0.2, 0.25) is 0 Å².